The molecule has 0 unspecified atom stereocenters. The predicted octanol–water partition coefficient (Wildman–Crippen LogP) is 4.41. The number of hydrogen-bond acceptors (Lipinski definition) is 4. The number of aromatic nitrogens is 3. The summed E-state index contributed by atoms with van der Waals surface area (Å²) < 4.78 is 15.7. The summed E-state index contributed by atoms with van der Waals surface area (Å²) in [5.74, 6) is 0.0445. The van der Waals surface area contributed by atoms with Gasteiger partial charge in [-0.3, -0.25) is 4.79 Å². The molecule has 1 amide bonds. The topological polar surface area (TPSA) is 65.1 Å². The van der Waals surface area contributed by atoms with Crippen molar-refractivity contribution >= 4 is 45.1 Å². The summed E-state index contributed by atoms with van der Waals surface area (Å²) in [6.07, 6.45) is 4.45. The molecule has 5 rings (SSSR count). The minimum atomic E-state index is -0.476. The maximum absolute atomic E-state index is 15.7. The maximum Gasteiger partial charge on any atom is 0.246 e. The zero-order valence-electron chi connectivity index (χ0n) is 16.6. The van der Waals surface area contributed by atoms with Crippen LogP contribution in [-0.2, 0) is 4.79 Å². The average molecular weight is 436 g/mol. The Hall–Kier alpha value is -3.45. The van der Waals surface area contributed by atoms with E-state index in [1.807, 2.05) is 29.2 Å². The number of benzene rings is 2. The number of fused-ring (bicyclic) bond motifs is 2. The molecule has 0 aliphatic carbocycles. The number of nitrogens with zero attached hydrogens (tertiary/aromatic N) is 4. The standard InChI is InChI=1S/C23H19ClFN5O/c1-2-19(31)29-7-9-30(10-8-29)23-15-11-17(24)20(21(25)22(15)27-13-28-23)16-12-26-18-6-4-3-5-14(16)18/h2-6,11-13,26H,1,7-10H2. The number of aromatic amines is 1. The first-order chi connectivity index (χ1) is 15.1. The second kappa shape index (κ2) is 7.67. The summed E-state index contributed by atoms with van der Waals surface area (Å²) in [6, 6.07) is 9.42. The summed E-state index contributed by atoms with van der Waals surface area (Å²) in [7, 11) is 0. The fraction of sp³-hybridized carbons (Fsp3) is 0.174. The van der Waals surface area contributed by atoms with Gasteiger partial charge in [-0.25, -0.2) is 14.4 Å². The van der Waals surface area contributed by atoms with E-state index in [4.69, 9.17) is 11.6 Å². The van der Waals surface area contributed by atoms with E-state index in [2.05, 4.69) is 21.5 Å². The summed E-state index contributed by atoms with van der Waals surface area (Å²) in [5, 5.41) is 1.74. The van der Waals surface area contributed by atoms with Crippen LogP contribution in [0.25, 0.3) is 32.9 Å². The van der Waals surface area contributed by atoms with Gasteiger partial charge in [0, 0.05) is 59.8 Å². The van der Waals surface area contributed by atoms with Crippen LogP contribution in [0.5, 0.6) is 0 Å². The third kappa shape index (κ3) is 3.21. The van der Waals surface area contributed by atoms with Gasteiger partial charge in [-0.05, 0) is 18.2 Å². The fourth-order valence-electron chi connectivity index (χ4n) is 4.16. The Labute approximate surface area is 183 Å². The van der Waals surface area contributed by atoms with Gasteiger partial charge in [-0.2, -0.15) is 0 Å². The second-order valence-electron chi connectivity index (χ2n) is 7.41. The lowest BCUT2D eigenvalue weighted by Crippen LogP contribution is -2.48. The first kappa shape index (κ1) is 19.5. The molecule has 3 heterocycles. The zero-order valence-corrected chi connectivity index (χ0v) is 17.4. The molecule has 2 aromatic heterocycles. The molecule has 0 atom stereocenters. The Kier molecular flexibility index (Phi) is 4.82. The number of rotatable bonds is 3. The Bertz CT molecular complexity index is 1330. The minimum absolute atomic E-state index is 0.0929. The second-order valence-corrected chi connectivity index (χ2v) is 7.81. The van der Waals surface area contributed by atoms with E-state index < -0.39 is 5.82 Å². The molecule has 0 bridgehead atoms. The maximum atomic E-state index is 15.7. The Morgan fingerprint density at radius 1 is 1.16 bits per heavy atom. The molecule has 4 aromatic rings. The van der Waals surface area contributed by atoms with E-state index >= 15 is 4.39 Å². The number of para-hydroxylation sites is 1. The van der Waals surface area contributed by atoms with Crippen LogP contribution in [0.1, 0.15) is 0 Å². The first-order valence-electron chi connectivity index (χ1n) is 9.94. The van der Waals surface area contributed by atoms with Crippen molar-refractivity contribution in [3.05, 3.63) is 66.4 Å². The molecular weight excluding hydrogens is 417 g/mol. The number of anilines is 1. The molecule has 0 radical (unpaired) electrons. The number of H-pyrrole nitrogens is 1. The van der Waals surface area contributed by atoms with Crippen molar-refractivity contribution < 1.29 is 9.18 Å². The number of hydrogen-bond donors (Lipinski definition) is 1. The molecule has 1 fully saturated rings. The Balaban J connectivity index is 1.58. The molecule has 6 nitrogen and oxygen atoms in total. The summed E-state index contributed by atoms with van der Waals surface area (Å²) in [4.78, 5) is 27.4. The van der Waals surface area contributed by atoms with Crippen molar-refractivity contribution in [2.75, 3.05) is 31.1 Å². The van der Waals surface area contributed by atoms with E-state index in [9.17, 15) is 4.79 Å². The van der Waals surface area contributed by atoms with Crippen molar-refractivity contribution in [2.24, 2.45) is 0 Å². The number of piperazine rings is 1. The van der Waals surface area contributed by atoms with E-state index in [0.717, 1.165) is 10.9 Å². The van der Waals surface area contributed by atoms with Crippen molar-refractivity contribution in [2.45, 2.75) is 0 Å². The average Bonchev–Trinajstić information content (AvgIpc) is 3.22. The molecule has 156 valence electrons. The third-order valence-corrected chi connectivity index (χ3v) is 6.02. The third-order valence-electron chi connectivity index (χ3n) is 5.72. The highest BCUT2D eigenvalue weighted by molar-refractivity contribution is 6.35. The highest BCUT2D eigenvalue weighted by Crippen LogP contribution is 2.40. The highest BCUT2D eigenvalue weighted by Gasteiger charge is 2.25. The number of carbonyl (C=O) groups excluding carboxylic acids is 1. The van der Waals surface area contributed by atoms with Crippen LogP contribution >= 0.6 is 11.6 Å². The largest absolute Gasteiger partial charge is 0.361 e. The van der Waals surface area contributed by atoms with Gasteiger partial charge in [0.25, 0.3) is 0 Å². The van der Waals surface area contributed by atoms with Gasteiger partial charge in [0.1, 0.15) is 17.7 Å². The normalized spacial score (nSPS) is 14.4. The summed E-state index contributed by atoms with van der Waals surface area (Å²) in [5.41, 5.74) is 2.14. The first-order valence-corrected chi connectivity index (χ1v) is 10.3. The minimum Gasteiger partial charge on any atom is -0.361 e. The molecule has 1 aliphatic rings. The van der Waals surface area contributed by atoms with Gasteiger partial charge in [0.15, 0.2) is 5.82 Å². The van der Waals surface area contributed by atoms with Gasteiger partial charge in [0.05, 0.1) is 5.02 Å². The summed E-state index contributed by atoms with van der Waals surface area (Å²) in [6.45, 7) is 5.78. The lowest BCUT2D eigenvalue weighted by molar-refractivity contribution is -0.126. The van der Waals surface area contributed by atoms with Crippen LogP contribution < -0.4 is 4.90 Å². The quantitative estimate of drug-likeness (QED) is 0.484. The van der Waals surface area contributed by atoms with Crippen LogP contribution in [0.2, 0.25) is 5.02 Å². The SMILES string of the molecule is C=CC(=O)N1CCN(c2ncnc3c(F)c(-c4c[nH]c5ccccc45)c(Cl)cc23)CC1. The van der Waals surface area contributed by atoms with Gasteiger partial charge in [-0.15, -0.1) is 0 Å². The van der Waals surface area contributed by atoms with Crippen LogP contribution in [0, 0.1) is 5.82 Å². The van der Waals surface area contributed by atoms with Gasteiger partial charge in [0.2, 0.25) is 5.91 Å². The van der Waals surface area contributed by atoms with E-state index in [-0.39, 0.29) is 11.4 Å². The van der Waals surface area contributed by atoms with Crippen LogP contribution in [-0.4, -0.2) is 51.9 Å². The lowest BCUT2D eigenvalue weighted by atomic mass is 10.0. The monoisotopic (exact) mass is 435 g/mol. The van der Waals surface area contributed by atoms with Gasteiger partial charge < -0.3 is 14.8 Å². The molecule has 1 saturated heterocycles. The number of carbonyl (C=O) groups is 1. The summed E-state index contributed by atoms with van der Waals surface area (Å²) >= 11 is 6.60. The Morgan fingerprint density at radius 2 is 1.94 bits per heavy atom. The van der Waals surface area contributed by atoms with Crippen molar-refractivity contribution in [3.8, 4) is 11.1 Å². The van der Waals surface area contributed by atoms with Crippen molar-refractivity contribution in [1.82, 2.24) is 19.9 Å². The lowest BCUT2D eigenvalue weighted by Gasteiger charge is -2.35. The molecule has 8 heteroatoms. The number of halogens is 2. The van der Waals surface area contributed by atoms with E-state index in [1.165, 1.54) is 12.4 Å². The van der Waals surface area contributed by atoms with Gasteiger partial charge >= 0.3 is 0 Å². The van der Waals surface area contributed by atoms with E-state index in [0.29, 0.717) is 53.5 Å². The molecule has 31 heavy (non-hydrogen) atoms. The molecule has 2 aromatic carbocycles. The van der Waals surface area contributed by atoms with Crippen LogP contribution in [0.3, 0.4) is 0 Å². The predicted molar refractivity (Wildman–Crippen MR) is 121 cm³/mol. The van der Waals surface area contributed by atoms with Crippen LogP contribution in [0.4, 0.5) is 10.2 Å². The molecular formula is C23H19ClFN5O. The highest BCUT2D eigenvalue weighted by atomic mass is 35.5. The fourth-order valence-corrected chi connectivity index (χ4v) is 4.46. The number of amides is 1. The molecule has 1 aliphatic heterocycles. The van der Waals surface area contributed by atoms with Gasteiger partial charge in [-0.1, -0.05) is 36.4 Å². The zero-order chi connectivity index (χ0) is 21.5. The molecule has 0 saturated carbocycles. The van der Waals surface area contributed by atoms with Crippen molar-refractivity contribution in [1.29, 1.82) is 0 Å². The van der Waals surface area contributed by atoms with E-state index in [1.54, 1.807) is 17.2 Å². The van der Waals surface area contributed by atoms with Crippen molar-refractivity contribution in [3.63, 3.8) is 0 Å². The molecule has 1 N–H and O–H groups in total. The Morgan fingerprint density at radius 3 is 2.71 bits per heavy atom. The smallest absolute Gasteiger partial charge is 0.246 e. The molecule has 0 spiro atoms. The number of nitrogens with one attached hydrogen (secondary N) is 1. The van der Waals surface area contributed by atoms with Crippen LogP contribution in [0.15, 0.2) is 55.5 Å².